The number of hydrogen-bond donors (Lipinski definition) is 1. The third-order valence-electron chi connectivity index (χ3n) is 4.67. The molecule has 6 nitrogen and oxygen atoms in total. The Labute approximate surface area is 145 Å². The summed E-state index contributed by atoms with van der Waals surface area (Å²) in [6.07, 6.45) is 4.50. The Morgan fingerprint density at radius 3 is 2.88 bits per heavy atom. The molecular weight excluding hydrogens is 316 g/mol. The van der Waals surface area contributed by atoms with Gasteiger partial charge >= 0.3 is 0 Å². The SMILES string of the molecule is Cn1nc(CNC(=O)c2cc(-c3ccccc3)on2)c2c1CCCC2. The van der Waals surface area contributed by atoms with Gasteiger partial charge in [0.25, 0.3) is 5.91 Å². The number of carbonyl (C=O) groups is 1. The predicted octanol–water partition coefficient (Wildman–Crippen LogP) is 2.88. The van der Waals surface area contributed by atoms with Crippen LogP contribution in [0.15, 0.2) is 40.9 Å². The molecule has 1 aromatic carbocycles. The second kappa shape index (κ2) is 6.55. The lowest BCUT2D eigenvalue weighted by atomic mass is 9.96. The van der Waals surface area contributed by atoms with E-state index in [1.807, 2.05) is 42.1 Å². The number of aryl methyl sites for hydroxylation is 1. The van der Waals surface area contributed by atoms with Gasteiger partial charge in [0.1, 0.15) is 0 Å². The van der Waals surface area contributed by atoms with E-state index in [0.29, 0.717) is 12.3 Å². The highest BCUT2D eigenvalue weighted by atomic mass is 16.5. The third-order valence-corrected chi connectivity index (χ3v) is 4.67. The smallest absolute Gasteiger partial charge is 0.273 e. The second-order valence-corrected chi connectivity index (χ2v) is 6.33. The summed E-state index contributed by atoms with van der Waals surface area (Å²) in [5, 5.41) is 11.4. The lowest BCUT2D eigenvalue weighted by Crippen LogP contribution is -2.24. The normalized spacial score (nSPS) is 13.5. The fourth-order valence-corrected chi connectivity index (χ4v) is 3.38. The van der Waals surface area contributed by atoms with Crippen molar-refractivity contribution in [1.82, 2.24) is 20.3 Å². The van der Waals surface area contributed by atoms with E-state index in [9.17, 15) is 4.79 Å². The number of nitrogens with one attached hydrogen (secondary N) is 1. The molecule has 0 aliphatic heterocycles. The highest BCUT2D eigenvalue weighted by Gasteiger charge is 2.20. The monoisotopic (exact) mass is 336 g/mol. The summed E-state index contributed by atoms with van der Waals surface area (Å²) in [6.45, 7) is 0.412. The fraction of sp³-hybridized carbons (Fsp3) is 0.316. The zero-order valence-corrected chi connectivity index (χ0v) is 14.2. The van der Waals surface area contributed by atoms with E-state index in [0.717, 1.165) is 24.1 Å². The largest absolute Gasteiger partial charge is 0.355 e. The number of fused-ring (bicyclic) bond motifs is 1. The summed E-state index contributed by atoms with van der Waals surface area (Å²) in [5.74, 6) is 0.335. The summed E-state index contributed by atoms with van der Waals surface area (Å²) in [6, 6.07) is 11.3. The summed E-state index contributed by atoms with van der Waals surface area (Å²) < 4.78 is 7.23. The summed E-state index contributed by atoms with van der Waals surface area (Å²) in [7, 11) is 1.97. The van der Waals surface area contributed by atoms with E-state index >= 15 is 0 Å². The molecule has 0 saturated heterocycles. The first-order valence-corrected chi connectivity index (χ1v) is 8.56. The first-order chi connectivity index (χ1) is 12.2. The van der Waals surface area contributed by atoms with Crippen LogP contribution in [0.5, 0.6) is 0 Å². The second-order valence-electron chi connectivity index (χ2n) is 6.33. The minimum Gasteiger partial charge on any atom is -0.355 e. The number of hydrogen-bond acceptors (Lipinski definition) is 4. The number of rotatable bonds is 4. The van der Waals surface area contributed by atoms with Crippen LogP contribution in [0.25, 0.3) is 11.3 Å². The molecule has 2 heterocycles. The molecule has 0 saturated carbocycles. The van der Waals surface area contributed by atoms with E-state index in [2.05, 4.69) is 15.6 Å². The van der Waals surface area contributed by atoms with Gasteiger partial charge in [-0.05, 0) is 31.2 Å². The van der Waals surface area contributed by atoms with E-state index in [4.69, 9.17) is 4.52 Å². The van der Waals surface area contributed by atoms with Gasteiger partial charge in [0.2, 0.25) is 0 Å². The van der Waals surface area contributed by atoms with Gasteiger partial charge in [0.05, 0.1) is 12.2 Å². The Bertz CT molecular complexity index is 896. The lowest BCUT2D eigenvalue weighted by Gasteiger charge is -2.12. The van der Waals surface area contributed by atoms with Gasteiger partial charge in [-0.2, -0.15) is 5.10 Å². The molecule has 0 spiro atoms. The molecule has 2 aromatic heterocycles. The number of aromatic nitrogens is 3. The molecule has 4 rings (SSSR count). The number of nitrogens with zero attached hydrogens (tertiary/aromatic N) is 3. The summed E-state index contributed by atoms with van der Waals surface area (Å²) in [4.78, 5) is 12.4. The van der Waals surface area contributed by atoms with Crippen molar-refractivity contribution in [3.05, 3.63) is 59.0 Å². The first kappa shape index (κ1) is 15.6. The molecule has 3 aromatic rings. The highest BCUT2D eigenvalue weighted by Crippen LogP contribution is 2.24. The van der Waals surface area contributed by atoms with Crippen LogP contribution in [0.3, 0.4) is 0 Å². The van der Waals surface area contributed by atoms with Crippen molar-refractivity contribution in [2.75, 3.05) is 0 Å². The molecule has 1 aliphatic rings. The molecule has 1 N–H and O–H groups in total. The maximum absolute atomic E-state index is 12.4. The van der Waals surface area contributed by atoms with Gasteiger partial charge in [-0.1, -0.05) is 35.5 Å². The Morgan fingerprint density at radius 2 is 2.04 bits per heavy atom. The molecule has 1 amide bonds. The predicted molar refractivity (Wildman–Crippen MR) is 93.0 cm³/mol. The van der Waals surface area contributed by atoms with Crippen molar-refractivity contribution >= 4 is 5.91 Å². The van der Waals surface area contributed by atoms with E-state index < -0.39 is 0 Å². The number of benzene rings is 1. The lowest BCUT2D eigenvalue weighted by molar-refractivity contribution is 0.0941. The molecule has 0 unspecified atom stereocenters. The quantitative estimate of drug-likeness (QED) is 0.795. The topological polar surface area (TPSA) is 73.0 Å². The zero-order chi connectivity index (χ0) is 17.2. The Balaban J connectivity index is 1.46. The Kier molecular flexibility index (Phi) is 4.09. The van der Waals surface area contributed by atoms with Crippen molar-refractivity contribution in [1.29, 1.82) is 0 Å². The zero-order valence-electron chi connectivity index (χ0n) is 14.2. The van der Waals surface area contributed by atoms with Crippen molar-refractivity contribution in [2.45, 2.75) is 32.2 Å². The molecule has 0 atom stereocenters. The van der Waals surface area contributed by atoms with Crippen molar-refractivity contribution in [3.63, 3.8) is 0 Å². The molecule has 0 radical (unpaired) electrons. The van der Waals surface area contributed by atoms with Crippen LogP contribution >= 0.6 is 0 Å². The van der Waals surface area contributed by atoms with Gasteiger partial charge in [-0.25, -0.2) is 0 Å². The van der Waals surface area contributed by atoms with Crippen LogP contribution in [0, 0.1) is 0 Å². The molecule has 128 valence electrons. The van der Waals surface area contributed by atoms with Crippen molar-refractivity contribution in [3.8, 4) is 11.3 Å². The highest BCUT2D eigenvalue weighted by molar-refractivity contribution is 5.93. The number of amides is 1. The van der Waals surface area contributed by atoms with Crippen LogP contribution < -0.4 is 5.32 Å². The van der Waals surface area contributed by atoms with Crippen LogP contribution in [0.1, 0.15) is 40.3 Å². The standard InChI is InChI=1S/C19H20N4O2/c1-23-17-10-6-5-9-14(17)16(21-23)12-20-19(24)15-11-18(25-22-15)13-7-3-2-4-8-13/h2-4,7-8,11H,5-6,9-10,12H2,1H3,(H,20,24). The molecule has 6 heteroatoms. The first-order valence-electron chi connectivity index (χ1n) is 8.56. The van der Waals surface area contributed by atoms with Crippen LogP contribution in [0.4, 0.5) is 0 Å². The van der Waals surface area contributed by atoms with Crippen LogP contribution in [-0.4, -0.2) is 20.8 Å². The Hall–Kier alpha value is -2.89. The minimum absolute atomic E-state index is 0.249. The number of carbonyl (C=O) groups excluding carboxylic acids is 1. The molecule has 0 bridgehead atoms. The third kappa shape index (κ3) is 3.07. The van der Waals surface area contributed by atoms with Gasteiger partial charge in [-0.3, -0.25) is 9.48 Å². The molecule has 25 heavy (non-hydrogen) atoms. The van der Waals surface area contributed by atoms with Gasteiger partial charge in [-0.15, -0.1) is 0 Å². The molecule has 1 aliphatic carbocycles. The van der Waals surface area contributed by atoms with Gasteiger partial charge in [0.15, 0.2) is 11.5 Å². The van der Waals surface area contributed by atoms with Crippen LogP contribution in [0.2, 0.25) is 0 Å². The van der Waals surface area contributed by atoms with E-state index in [1.54, 1.807) is 6.07 Å². The Morgan fingerprint density at radius 1 is 1.24 bits per heavy atom. The fourth-order valence-electron chi connectivity index (χ4n) is 3.38. The van der Waals surface area contributed by atoms with Gasteiger partial charge in [0, 0.05) is 24.4 Å². The maximum Gasteiger partial charge on any atom is 0.273 e. The van der Waals surface area contributed by atoms with Crippen molar-refractivity contribution in [2.24, 2.45) is 7.05 Å². The average Bonchev–Trinajstić information content (AvgIpc) is 3.27. The van der Waals surface area contributed by atoms with Gasteiger partial charge < -0.3 is 9.84 Å². The van der Waals surface area contributed by atoms with E-state index in [1.165, 1.54) is 24.1 Å². The molecular formula is C19H20N4O2. The average molecular weight is 336 g/mol. The van der Waals surface area contributed by atoms with Crippen LogP contribution in [-0.2, 0) is 26.4 Å². The summed E-state index contributed by atoms with van der Waals surface area (Å²) in [5.41, 5.74) is 4.72. The van der Waals surface area contributed by atoms with E-state index in [-0.39, 0.29) is 11.6 Å². The van der Waals surface area contributed by atoms with Crippen molar-refractivity contribution < 1.29 is 9.32 Å². The maximum atomic E-state index is 12.4. The molecule has 0 fully saturated rings. The summed E-state index contributed by atoms with van der Waals surface area (Å²) >= 11 is 0. The minimum atomic E-state index is -0.249.